The summed E-state index contributed by atoms with van der Waals surface area (Å²) in [5.41, 5.74) is 6.72. The van der Waals surface area contributed by atoms with Crippen molar-refractivity contribution in [3.8, 4) is 0 Å². The van der Waals surface area contributed by atoms with Crippen molar-refractivity contribution in [1.82, 2.24) is 14.9 Å². The van der Waals surface area contributed by atoms with Gasteiger partial charge in [-0.05, 0) is 12.0 Å². The molecule has 0 bridgehead atoms. The maximum atomic E-state index is 11.9. The first-order valence-electron chi connectivity index (χ1n) is 7.51. The Morgan fingerprint density at radius 3 is 2.74 bits per heavy atom. The number of aromatic nitrogens is 2. The zero-order valence-electron chi connectivity index (χ0n) is 12.6. The zero-order chi connectivity index (χ0) is 16.2. The van der Waals surface area contributed by atoms with Gasteiger partial charge in [0.1, 0.15) is 11.0 Å². The fourth-order valence-corrected chi connectivity index (χ4v) is 2.91. The van der Waals surface area contributed by atoms with Crippen LogP contribution in [0.5, 0.6) is 0 Å². The largest absolute Gasteiger partial charge is 0.368 e. The minimum atomic E-state index is -0.0939. The Bertz CT molecular complexity index is 674. The summed E-state index contributed by atoms with van der Waals surface area (Å²) in [6, 6.07) is 11.5. The van der Waals surface area contributed by atoms with E-state index in [0.717, 1.165) is 18.5 Å². The first-order valence-corrected chi connectivity index (χ1v) is 7.89. The highest BCUT2D eigenvalue weighted by Crippen LogP contribution is 2.23. The number of benzene rings is 1. The number of nitrogen functional groups attached to an aromatic ring is 1. The highest BCUT2D eigenvalue weighted by atomic mass is 35.5. The summed E-state index contributed by atoms with van der Waals surface area (Å²) in [6.07, 6.45) is 1.53. The highest BCUT2D eigenvalue weighted by Gasteiger charge is 2.24. The van der Waals surface area contributed by atoms with Crippen LogP contribution in [0, 0.1) is 0 Å². The van der Waals surface area contributed by atoms with Gasteiger partial charge < -0.3 is 16.0 Å². The van der Waals surface area contributed by atoms with E-state index in [1.165, 1.54) is 0 Å². The molecule has 1 saturated heterocycles. The molecule has 2 heterocycles. The second kappa shape index (κ2) is 6.83. The predicted molar refractivity (Wildman–Crippen MR) is 90.1 cm³/mol. The van der Waals surface area contributed by atoms with Gasteiger partial charge in [-0.2, -0.15) is 4.98 Å². The van der Waals surface area contributed by atoms with E-state index in [1.54, 1.807) is 6.07 Å². The fourth-order valence-electron chi connectivity index (χ4n) is 2.72. The monoisotopic (exact) mass is 331 g/mol. The van der Waals surface area contributed by atoms with Crippen LogP contribution < -0.4 is 11.1 Å². The van der Waals surface area contributed by atoms with E-state index in [2.05, 4.69) is 15.3 Å². The molecule has 1 aromatic carbocycles. The first kappa shape index (κ1) is 15.6. The van der Waals surface area contributed by atoms with Crippen molar-refractivity contribution in [1.29, 1.82) is 0 Å². The summed E-state index contributed by atoms with van der Waals surface area (Å²) in [6.45, 7) is 1.36. The fraction of sp³-hybridized carbons (Fsp3) is 0.312. The number of nitrogens with one attached hydrogen (secondary N) is 1. The van der Waals surface area contributed by atoms with Crippen LogP contribution in [-0.4, -0.2) is 33.9 Å². The van der Waals surface area contributed by atoms with Crippen LogP contribution in [0.4, 0.5) is 11.8 Å². The van der Waals surface area contributed by atoms with E-state index in [1.807, 2.05) is 35.2 Å². The third kappa shape index (κ3) is 3.90. The van der Waals surface area contributed by atoms with Crippen LogP contribution in [0.3, 0.4) is 0 Å². The average molecular weight is 332 g/mol. The Kier molecular flexibility index (Phi) is 4.62. The summed E-state index contributed by atoms with van der Waals surface area (Å²) >= 11 is 5.94. The van der Waals surface area contributed by atoms with Crippen molar-refractivity contribution in [2.45, 2.75) is 18.9 Å². The number of hydrogen-bond donors (Lipinski definition) is 2. The standard InChI is InChI=1S/C16H18ClN5O/c17-13-9-14(21-16(18)20-13)19-12(11-5-2-1-3-6-11)10-22-8-4-7-15(22)23/h1-3,5-6,9,12H,4,7-8,10H2,(H3,18,19,20,21). The third-order valence-electron chi connectivity index (χ3n) is 3.81. The first-order chi connectivity index (χ1) is 11.1. The number of amides is 1. The molecule has 7 heteroatoms. The van der Waals surface area contributed by atoms with E-state index in [-0.39, 0.29) is 23.1 Å². The third-order valence-corrected chi connectivity index (χ3v) is 4.00. The number of nitrogens with two attached hydrogens (primary N) is 1. The van der Waals surface area contributed by atoms with Crippen LogP contribution in [-0.2, 0) is 4.79 Å². The topological polar surface area (TPSA) is 84.1 Å². The maximum absolute atomic E-state index is 11.9. The molecule has 1 unspecified atom stereocenters. The quantitative estimate of drug-likeness (QED) is 0.822. The maximum Gasteiger partial charge on any atom is 0.223 e. The van der Waals surface area contributed by atoms with Gasteiger partial charge in [0.05, 0.1) is 6.04 Å². The van der Waals surface area contributed by atoms with Gasteiger partial charge >= 0.3 is 0 Å². The van der Waals surface area contributed by atoms with E-state index >= 15 is 0 Å². The van der Waals surface area contributed by atoms with E-state index in [9.17, 15) is 4.79 Å². The Morgan fingerprint density at radius 2 is 2.09 bits per heavy atom. The summed E-state index contributed by atoms with van der Waals surface area (Å²) in [7, 11) is 0. The molecule has 1 aliphatic rings. The average Bonchev–Trinajstić information content (AvgIpc) is 2.92. The molecule has 3 rings (SSSR count). The van der Waals surface area contributed by atoms with E-state index in [4.69, 9.17) is 17.3 Å². The number of carbonyl (C=O) groups excluding carboxylic acids is 1. The SMILES string of the molecule is Nc1nc(Cl)cc(NC(CN2CCCC2=O)c2ccccc2)n1. The molecule has 1 aliphatic heterocycles. The van der Waals surface area contributed by atoms with Crippen molar-refractivity contribution in [3.63, 3.8) is 0 Å². The Balaban J connectivity index is 1.84. The van der Waals surface area contributed by atoms with Crippen LogP contribution >= 0.6 is 11.6 Å². The molecule has 0 saturated carbocycles. The van der Waals surface area contributed by atoms with Gasteiger partial charge in [-0.15, -0.1) is 0 Å². The van der Waals surface area contributed by atoms with Crippen molar-refractivity contribution in [2.24, 2.45) is 0 Å². The number of anilines is 2. The second-order valence-corrected chi connectivity index (χ2v) is 5.87. The molecular weight excluding hydrogens is 314 g/mol. The molecule has 0 radical (unpaired) electrons. The lowest BCUT2D eigenvalue weighted by Crippen LogP contribution is -2.32. The molecule has 1 aromatic heterocycles. The molecule has 1 amide bonds. The van der Waals surface area contributed by atoms with E-state index in [0.29, 0.717) is 18.8 Å². The summed E-state index contributed by atoms with van der Waals surface area (Å²) in [5, 5.41) is 3.60. The van der Waals surface area contributed by atoms with Gasteiger partial charge in [0.2, 0.25) is 11.9 Å². The number of carbonyl (C=O) groups is 1. The van der Waals surface area contributed by atoms with Crippen LogP contribution in [0.1, 0.15) is 24.4 Å². The number of halogens is 1. The lowest BCUT2D eigenvalue weighted by atomic mass is 10.1. The van der Waals surface area contributed by atoms with Crippen molar-refractivity contribution in [2.75, 3.05) is 24.1 Å². The molecule has 120 valence electrons. The van der Waals surface area contributed by atoms with Crippen LogP contribution in [0.2, 0.25) is 5.15 Å². The molecule has 23 heavy (non-hydrogen) atoms. The van der Waals surface area contributed by atoms with Crippen molar-refractivity contribution >= 4 is 29.3 Å². The van der Waals surface area contributed by atoms with Crippen LogP contribution in [0.25, 0.3) is 0 Å². The lowest BCUT2D eigenvalue weighted by molar-refractivity contribution is -0.127. The van der Waals surface area contributed by atoms with Gasteiger partial charge in [0, 0.05) is 25.6 Å². The molecule has 2 aromatic rings. The summed E-state index contributed by atoms with van der Waals surface area (Å²) < 4.78 is 0. The van der Waals surface area contributed by atoms with Gasteiger partial charge in [-0.3, -0.25) is 4.79 Å². The van der Waals surface area contributed by atoms with Crippen molar-refractivity contribution < 1.29 is 4.79 Å². The van der Waals surface area contributed by atoms with Crippen LogP contribution in [0.15, 0.2) is 36.4 Å². The molecule has 1 fully saturated rings. The van der Waals surface area contributed by atoms with E-state index < -0.39 is 0 Å². The number of rotatable bonds is 5. The number of hydrogen-bond acceptors (Lipinski definition) is 5. The minimum absolute atomic E-state index is 0.0939. The Hall–Kier alpha value is -2.34. The van der Waals surface area contributed by atoms with Gasteiger partial charge in [0.25, 0.3) is 0 Å². The van der Waals surface area contributed by atoms with Gasteiger partial charge in [-0.1, -0.05) is 41.9 Å². The lowest BCUT2D eigenvalue weighted by Gasteiger charge is -2.25. The normalized spacial score (nSPS) is 15.7. The summed E-state index contributed by atoms with van der Waals surface area (Å²) in [5.74, 6) is 0.847. The Labute approximate surface area is 139 Å². The molecule has 3 N–H and O–H groups in total. The molecule has 6 nitrogen and oxygen atoms in total. The second-order valence-electron chi connectivity index (χ2n) is 5.49. The highest BCUT2D eigenvalue weighted by molar-refractivity contribution is 6.29. The smallest absolute Gasteiger partial charge is 0.223 e. The molecule has 1 atom stereocenters. The van der Waals surface area contributed by atoms with Gasteiger partial charge in [-0.25, -0.2) is 4.98 Å². The minimum Gasteiger partial charge on any atom is -0.368 e. The number of nitrogens with zero attached hydrogens (tertiary/aromatic N) is 3. The zero-order valence-corrected chi connectivity index (χ0v) is 13.3. The number of likely N-dealkylation sites (tertiary alicyclic amines) is 1. The Morgan fingerprint density at radius 1 is 1.30 bits per heavy atom. The van der Waals surface area contributed by atoms with Crippen molar-refractivity contribution in [3.05, 3.63) is 47.1 Å². The predicted octanol–water partition coefficient (Wildman–Crippen LogP) is 2.49. The molecule has 0 aliphatic carbocycles. The molecular formula is C16H18ClN5O. The van der Waals surface area contributed by atoms with Gasteiger partial charge in [0.15, 0.2) is 0 Å². The molecule has 0 spiro atoms. The summed E-state index contributed by atoms with van der Waals surface area (Å²) in [4.78, 5) is 21.8.